The predicted molar refractivity (Wildman–Crippen MR) is 147 cm³/mol. The molecule has 7 nitrogen and oxygen atoms in total. The van der Waals surface area contributed by atoms with Crippen molar-refractivity contribution < 1.29 is 18.0 Å². The molecule has 0 radical (unpaired) electrons. The van der Waals surface area contributed by atoms with Crippen molar-refractivity contribution in [3.8, 4) is 0 Å². The average Bonchev–Trinajstić information content (AvgIpc) is 2.79. The standard InChI is InChI=1S/C26H35Cl2N3O4S/c1-7-14-29-25(33)18(2)30(16-19-8-13-22(27)23(28)15-19)24(32)17-31(36(6,34)35)21-11-9-20(10-12-21)26(3,4)5/h8-13,15,18H,7,14,16-17H2,1-6H3,(H,29,33)/t18-/m0/s1. The lowest BCUT2D eigenvalue weighted by Gasteiger charge is -2.31. The molecule has 0 aliphatic carbocycles. The molecule has 0 spiro atoms. The van der Waals surface area contributed by atoms with Crippen LogP contribution in [0.2, 0.25) is 10.0 Å². The molecule has 10 heteroatoms. The molecule has 0 heterocycles. The van der Waals surface area contributed by atoms with E-state index >= 15 is 0 Å². The normalized spacial score (nSPS) is 12.7. The topological polar surface area (TPSA) is 86.8 Å². The van der Waals surface area contributed by atoms with Gasteiger partial charge in [0.25, 0.3) is 0 Å². The van der Waals surface area contributed by atoms with Gasteiger partial charge in [-0.1, -0.05) is 69.1 Å². The Morgan fingerprint density at radius 3 is 2.14 bits per heavy atom. The molecule has 0 unspecified atom stereocenters. The van der Waals surface area contributed by atoms with Crippen LogP contribution in [-0.2, 0) is 31.6 Å². The van der Waals surface area contributed by atoms with Crippen LogP contribution in [0.15, 0.2) is 42.5 Å². The molecule has 0 fully saturated rings. The van der Waals surface area contributed by atoms with Crippen LogP contribution in [0.25, 0.3) is 0 Å². The summed E-state index contributed by atoms with van der Waals surface area (Å²) in [7, 11) is -3.79. The first-order valence-electron chi connectivity index (χ1n) is 11.7. The average molecular weight is 557 g/mol. The van der Waals surface area contributed by atoms with Crippen LogP contribution in [0.5, 0.6) is 0 Å². The molecule has 0 aromatic heterocycles. The molecule has 0 saturated carbocycles. The maximum Gasteiger partial charge on any atom is 0.244 e. The molecule has 2 aromatic carbocycles. The molecular weight excluding hydrogens is 521 g/mol. The lowest BCUT2D eigenvalue weighted by Crippen LogP contribution is -2.51. The van der Waals surface area contributed by atoms with Gasteiger partial charge in [-0.25, -0.2) is 8.42 Å². The zero-order valence-corrected chi connectivity index (χ0v) is 24.0. The van der Waals surface area contributed by atoms with Crippen LogP contribution in [0.4, 0.5) is 5.69 Å². The van der Waals surface area contributed by atoms with E-state index in [0.717, 1.165) is 22.5 Å². The van der Waals surface area contributed by atoms with E-state index in [1.54, 1.807) is 37.3 Å². The summed E-state index contributed by atoms with van der Waals surface area (Å²) >= 11 is 12.2. The van der Waals surface area contributed by atoms with Crippen molar-refractivity contribution in [1.29, 1.82) is 0 Å². The Bertz CT molecular complexity index is 1180. The SMILES string of the molecule is CCCNC(=O)[C@H](C)N(Cc1ccc(Cl)c(Cl)c1)C(=O)CN(c1ccc(C(C)(C)C)cc1)S(C)(=O)=O. The number of nitrogens with one attached hydrogen (secondary N) is 1. The van der Waals surface area contributed by atoms with E-state index in [4.69, 9.17) is 23.2 Å². The second kappa shape index (κ2) is 12.3. The van der Waals surface area contributed by atoms with Crippen LogP contribution < -0.4 is 9.62 Å². The fraction of sp³-hybridized carbons (Fsp3) is 0.462. The lowest BCUT2D eigenvalue weighted by atomic mass is 9.87. The van der Waals surface area contributed by atoms with Gasteiger partial charge < -0.3 is 10.2 Å². The smallest absolute Gasteiger partial charge is 0.244 e. The summed E-state index contributed by atoms with van der Waals surface area (Å²) in [6, 6.07) is 11.2. The summed E-state index contributed by atoms with van der Waals surface area (Å²) in [5.74, 6) is -0.851. The number of nitrogens with zero attached hydrogens (tertiary/aromatic N) is 2. The lowest BCUT2D eigenvalue weighted by molar-refractivity contribution is -0.139. The number of rotatable bonds is 10. The van der Waals surface area contributed by atoms with Crippen LogP contribution in [0.1, 0.15) is 52.2 Å². The van der Waals surface area contributed by atoms with E-state index in [9.17, 15) is 18.0 Å². The summed E-state index contributed by atoms with van der Waals surface area (Å²) in [5, 5.41) is 3.49. The second-order valence-corrected chi connectivity index (χ2v) is 12.5. The summed E-state index contributed by atoms with van der Waals surface area (Å²) in [5.41, 5.74) is 1.96. The van der Waals surface area contributed by atoms with Crippen LogP contribution in [-0.4, -0.2) is 50.5 Å². The van der Waals surface area contributed by atoms with Gasteiger partial charge >= 0.3 is 0 Å². The molecule has 0 aliphatic heterocycles. The Balaban J connectivity index is 2.40. The highest BCUT2D eigenvalue weighted by Gasteiger charge is 2.30. The maximum absolute atomic E-state index is 13.6. The van der Waals surface area contributed by atoms with Gasteiger partial charge in [0.15, 0.2) is 0 Å². The maximum atomic E-state index is 13.6. The first-order chi connectivity index (χ1) is 16.6. The molecule has 36 heavy (non-hydrogen) atoms. The summed E-state index contributed by atoms with van der Waals surface area (Å²) < 4.78 is 26.5. The van der Waals surface area contributed by atoms with Gasteiger partial charge in [0.2, 0.25) is 21.8 Å². The summed E-state index contributed by atoms with van der Waals surface area (Å²) in [6.45, 7) is 9.79. The van der Waals surface area contributed by atoms with Crippen molar-refractivity contribution in [2.24, 2.45) is 0 Å². The number of anilines is 1. The Morgan fingerprint density at radius 1 is 1.03 bits per heavy atom. The number of benzene rings is 2. The highest BCUT2D eigenvalue weighted by atomic mass is 35.5. The number of carbonyl (C=O) groups is 2. The van der Waals surface area contributed by atoms with Crippen LogP contribution >= 0.6 is 23.2 Å². The van der Waals surface area contributed by atoms with E-state index in [1.165, 1.54) is 4.90 Å². The molecule has 198 valence electrons. The van der Waals surface area contributed by atoms with Crippen LogP contribution in [0.3, 0.4) is 0 Å². The van der Waals surface area contributed by atoms with Crippen molar-refractivity contribution >= 4 is 50.7 Å². The minimum atomic E-state index is -3.79. The van der Waals surface area contributed by atoms with Crippen molar-refractivity contribution in [3.63, 3.8) is 0 Å². The molecule has 1 N–H and O–H groups in total. The largest absolute Gasteiger partial charge is 0.354 e. The van der Waals surface area contributed by atoms with Gasteiger partial charge in [0.05, 0.1) is 22.0 Å². The highest BCUT2D eigenvalue weighted by Crippen LogP contribution is 2.27. The third-order valence-corrected chi connectivity index (χ3v) is 7.63. The third-order valence-electron chi connectivity index (χ3n) is 5.75. The van der Waals surface area contributed by atoms with Crippen molar-refractivity contribution in [2.75, 3.05) is 23.7 Å². The number of halogens is 2. The van der Waals surface area contributed by atoms with E-state index in [1.807, 2.05) is 19.1 Å². The molecular formula is C26H35Cl2N3O4S. The van der Waals surface area contributed by atoms with E-state index in [2.05, 4.69) is 26.1 Å². The van der Waals surface area contributed by atoms with Gasteiger partial charge in [0, 0.05) is 13.1 Å². The zero-order chi connectivity index (χ0) is 27.3. The Morgan fingerprint density at radius 2 is 1.64 bits per heavy atom. The zero-order valence-electron chi connectivity index (χ0n) is 21.6. The van der Waals surface area contributed by atoms with E-state index in [-0.39, 0.29) is 17.9 Å². The number of hydrogen-bond donors (Lipinski definition) is 1. The van der Waals surface area contributed by atoms with Gasteiger partial charge in [-0.05, 0) is 54.2 Å². The van der Waals surface area contributed by atoms with Gasteiger partial charge in [-0.3, -0.25) is 13.9 Å². The predicted octanol–water partition coefficient (Wildman–Crippen LogP) is 5.00. The van der Waals surface area contributed by atoms with E-state index < -0.39 is 28.5 Å². The highest BCUT2D eigenvalue weighted by molar-refractivity contribution is 7.92. The van der Waals surface area contributed by atoms with Gasteiger partial charge in [-0.2, -0.15) is 0 Å². The number of sulfonamides is 1. The molecule has 2 amide bonds. The second-order valence-electron chi connectivity index (χ2n) is 9.80. The number of hydrogen-bond acceptors (Lipinski definition) is 4. The van der Waals surface area contributed by atoms with E-state index in [0.29, 0.717) is 27.8 Å². The molecule has 0 aliphatic rings. The molecule has 2 aromatic rings. The third kappa shape index (κ3) is 8.11. The first-order valence-corrected chi connectivity index (χ1v) is 14.3. The Hall–Kier alpha value is -2.29. The number of amides is 2. The Kier molecular flexibility index (Phi) is 10.2. The van der Waals surface area contributed by atoms with Crippen LogP contribution in [0, 0.1) is 0 Å². The molecule has 0 saturated heterocycles. The molecule has 0 bridgehead atoms. The van der Waals surface area contributed by atoms with Crippen molar-refractivity contribution in [3.05, 3.63) is 63.6 Å². The monoisotopic (exact) mass is 555 g/mol. The molecule has 1 atom stereocenters. The molecule has 2 rings (SSSR count). The Labute approximate surface area is 224 Å². The summed E-state index contributed by atoms with van der Waals surface area (Å²) in [6.07, 6.45) is 1.80. The fourth-order valence-electron chi connectivity index (χ4n) is 3.55. The quantitative estimate of drug-likeness (QED) is 0.446. The summed E-state index contributed by atoms with van der Waals surface area (Å²) in [4.78, 5) is 27.7. The van der Waals surface area contributed by atoms with Gasteiger partial charge in [0.1, 0.15) is 12.6 Å². The van der Waals surface area contributed by atoms with Gasteiger partial charge in [-0.15, -0.1) is 0 Å². The number of carbonyl (C=O) groups excluding carboxylic acids is 2. The minimum absolute atomic E-state index is 0.0526. The first kappa shape index (κ1) is 29.9. The van der Waals surface area contributed by atoms with Crippen molar-refractivity contribution in [2.45, 2.75) is 59.0 Å². The van der Waals surface area contributed by atoms with Crippen molar-refractivity contribution in [1.82, 2.24) is 10.2 Å². The fourth-order valence-corrected chi connectivity index (χ4v) is 4.72. The minimum Gasteiger partial charge on any atom is -0.354 e.